The number of aromatic nitrogens is 5. The Kier molecular flexibility index (Phi) is 7.20. The standard InChI is InChI=1S/C54H37N5/c1-54(2)45-22-12-9-19-39(45)40-30-29-38(31-46(40)54)59-48-24-14-11-21-42(48)44-32-43-41-20-10-13-23-47(41)58(49(43)33-50(44)59)37-27-25-36(26-28-37)53-56-51(34-15-5-3-6-16-34)55-52(57-53)35-17-7-4-8-18-35/h3-33H,1-2H3. The van der Waals surface area contributed by atoms with Gasteiger partial charge in [-0.3, -0.25) is 0 Å². The second-order valence-corrected chi connectivity index (χ2v) is 16.1. The van der Waals surface area contributed by atoms with Crippen molar-refractivity contribution in [3.63, 3.8) is 0 Å². The number of hydrogen-bond donors (Lipinski definition) is 0. The number of rotatable bonds is 5. The fraction of sp³-hybridized carbons (Fsp3) is 0.0556. The summed E-state index contributed by atoms with van der Waals surface area (Å²) in [5.41, 5.74) is 15.1. The van der Waals surface area contributed by atoms with E-state index in [9.17, 15) is 0 Å². The van der Waals surface area contributed by atoms with Crippen LogP contribution in [0.2, 0.25) is 0 Å². The molecule has 0 unspecified atom stereocenters. The lowest BCUT2D eigenvalue weighted by atomic mass is 9.82. The first-order chi connectivity index (χ1) is 29.0. The summed E-state index contributed by atoms with van der Waals surface area (Å²) < 4.78 is 4.86. The van der Waals surface area contributed by atoms with Crippen LogP contribution in [0.15, 0.2) is 188 Å². The zero-order valence-corrected chi connectivity index (χ0v) is 32.6. The third-order valence-electron chi connectivity index (χ3n) is 12.4. The van der Waals surface area contributed by atoms with Gasteiger partial charge < -0.3 is 9.13 Å². The van der Waals surface area contributed by atoms with Gasteiger partial charge in [0.05, 0.1) is 22.1 Å². The predicted molar refractivity (Wildman–Crippen MR) is 242 cm³/mol. The van der Waals surface area contributed by atoms with Crippen LogP contribution < -0.4 is 0 Å². The van der Waals surface area contributed by atoms with Crippen molar-refractivity contribution in [1.29, 1.82) is 0 Å². The maximum absolute atomic E-state index is 5.00. The van der Waals surface area contributed by atoms with Crippen molar-refractivity contribution in [3.05, 3.63) is 199 Å². The van der Waals surface area contributed by atoms with Gasteiger partial charge in [-0.25, -0.2) is 15.0 Å². The molecular weight excluding hydrogens is 719 g/mol. The molecule has 12 rings (SSSR count). The first-order valence-electron chi connectivity index (χ1n) is 20.2. The molecule has 0 bridgehead atoms. The molecule has 0 spiro atoms. The van der Waals surface area contributed by atoms with E-state index in [-0.39, 0.29) is 5.41 Å². The molecule has 0 aliphatic heterocycles. The van der Waals surface area contributed by atoms with Gasteiger partial charge in [-0.1, -0.05) is 141 Å². The minimum Gasteiger partial charge on any atom is -0.309 e. The number of fused-ring (bicyclic) bond motifs is 9. The summed E-state index contributed by atoms with van der Waals surface area (Å²) in [6.07, 6.45) is 0. The molecule has 1 aliphatic rings. The summed E-state index contributed by atoms with van der Waals surface area (Å²) in [4.78, 5) is 14.9. The molecule has 59 heavy (non-hydrogen) atoms. The van der Waals surface area contributed by atoms with Crippen LogP contribution in [0.3, 0.4) is 0 Å². The fourth-order valence-corrected chi connectivity index (χ4v) is 9.52. The first kappa shape index (κ1) is 33.5. The average Bonchev–Trinajstić information content (AvgIpc) is 3.88. The van der Waals surface area contributed by atoms with Crippen molar-refractivity contribution >= 4 is 43.6 Å². The largest absolute Gasteiger partial charge is 0.309 e. The Hall–Kier alpha value is -7.63. The second kappa shape index (κ2) is 12.7. The van der Waals surface area contributed by atoms with Gasteiger partial charge in [0.25, 0.3) is 0 Å². The van der Waals surface area contributed by atoms with Gasteiger partial charge in [0, 0.05) is 55.0 Å². The molecule has 0 radical (unpaired) electrons. The monoisotopic (exact) mass is 755 g/mol. The van der Waals surface area contributed by atoms with Crippen molar-refractivity contribution in [2.75, 3.05) is 0 Å². The summed E-state index contributed by atoms with van der Waals surface area (Å²) >= 11 is 0. The van der Waals surface area contributed by atoms with E-state index in [0.717, 1.165) is 33.4 Å². The summed E-state index contributed by atoms with van der Waals surface area (Å²) in [6.45, 7) is 4.71. The highest BCUT2D eigenvalue weighted by Gasteiger charge is 2.35. The van der Waals surface area contributed by atoms with Gasteiger partial charge in [-0.05, 0) is 82.9 Å². The van der Waals surface area contributed by atoms with Gasteiger partial charge >= 0.3 is 0 Å². The molecule has 1 aliphatic carbocycles. The van der Waals surface area contributed by atoms with Crippen molar-refractivity contribution in [2.45, 2.75) is 19.3 Å². The summed E-state index contributed by atoms with van der Waals surface area (Å²) in [5, 5.41) is 4.94. The van der Waals surface area contributed by atoms with Crippen molar-refractivity contribution in [3.8, 4) is 56.7 Å². The minimum atomic E-state index is -0.0971. The molecule has 0 N–H and O–H groups in total. The average molecular weight is 756 g/mol. The van der Waals surface area contributed by atoms with E-state index in [0.29, 0.717) is 17.5 Å². The Balaban J connectivity index is 1.04. The number of hydrogen-bond acceptors (Lipinski definition) is 3. The van der Waals surface area contributed by atoms with Crippen LogP contribution in [0.25, 0.3) is 100 Å². The third-order valence-corrected chi connectivity index (χ3v) is 12.4. The van der Waals surface area contributed by atoms with Gasteiger partial charge in [0.2, 0.25) is 0 Å². The predicted octanol–water partition coefficient (Wildman–Crippen LogP) is 13.4. The SMILES string of the molecule is CC1(C)c2ccccc2-c2ccc(-n3c4ccccc4c4cc5c6ccccc6n(-c6ccc(-c7nc(-c8ccccc8)nc(-c8ccccc8)n7)cc6)c5cc43)cc21. The molecule has 278 valence electrons. The zero-order chi connectivity index (χ0) is 39.2. The van der Waals surface area contributed by atoms with Gasteiger partial charge in [-0.15, -0.1) is 0 Å². The topological polar surface area (TPSA) is 48.5 Å². The highest BCUT2D eigenvalue weighted by molar-refractivity contribution is 6.19. The van der Waals surface area contributed by atoms with E-state index in [4.69, 9.17) is 15.0 Å². The number of benzene rings is 8. The van der Waals surface area contributed by atoms with E-state index in [1.807, 2.05) is 60.7 Å². The smallest absolute Gasteiger partial charge is 0.164 e. The molecule has 3 heterocycles. The van der Waals surface area contributed by atoms with Gasteiger partial charge in [-0.2, -0.15) is 0 Å². The highest BCUT2D eigenvalue weighted by atomic mass is 15.0. The molecule has 0 saturated heterocycles. The Morgan fingerprint density at radius 1 is 0.339 bits per heavy atom. The van der Waals surface area contributed by atoms with E-state index >= 15 is 0 Å². The van der Waals surface area contributed by atoms with Crippen molar-refractivity contribution < 1.29 is 0 Å². The highest BCUT2D eigenvalue weighted by Crippen LogP contribution is 2.49. The molecule has 0 fully saturated rings. The van der Waals surface area contributed by atoms with Crippen LogP contribution in [0.4, 0.5) is 0 Å². The lowest BCUT2D eigenvalue weighted by Crippen LogP contribution is -2.15. The van der Waals surface area contributed by atoms with Crippen LogP contribution >= 0.6 is 0 Å². The maximum atomic E-state index is 5.00. The molecule has 3 aromatic heterocycles. The van der Waals surface area contributed by atoms with Crippen LogP contribution in [0.1, 0.15) is 25.0 Å². The van der Waals surface area contributed by atoms with Crippen molar-refractivity contribution in [2.24, 2.45) is 0 Å². The molecule has 0 atom stereocenters. The van der Waals surface area contributed by atoms with Crippen molar-refractivity contribution in [1.82, 2.24) is 24.1 Å². The van der Waals surface area contributed by atoms with Crippen LogP contribution in [0.5, 0.6) is 0 Å². The Morgan fingerprint density at radius 3 is 1.39 bits per heavy atom. The quantitative estimate of drug-likeness (QED) is 0.176. The van der Waals surface area contributed by atoms with Gasteiger partial charge in [0.15, 0.2) is 17.5 Å². The summed E-state index contributed by atoms with van der Waals surface area (Å²) in [7, 11) is 0. The molecule has 11 aromatic rings. The Morgan fingerprint density at radius 2 is 0.797 bits per heavy atom. The molecule has 0 saturated carbocycles. The molecule has 0 amide bonds. The maximum Gasteiger partial charge on any atom is 0.164 e. The first-order valence-corrected chi connectivity index (χ1v) is 20.2. The van der Waals surface area contributed by atoms with E-state index in [2.05, 4.69) is 150 Å². The zero-order valence-electron chi connectivity index (χ0n) is 32.6. The molecular formula is C54H37N5. The van der Waals surface area contributed by atoms with Crippen LogP contribution in [-0.4, -0.2) is 24.1 Å². The normalized spacial score (nSPS) is 13.1. The van der Waals surface area contributed by atoms with E-state index in [1.165, 1.54) is 60.5 Å². The van der Waals surface area contributed by atoms with Crippen LogP contribution in [0, 0.1) is 0 Å². The number of nitrogens with zero attached hydrogens (tertiary/aromatic N) is 5. The minimum absolute atomic E-state index is 0.0971. The van der Waals surface area contributed by atoms with E-state index < -0.39 is 0 Å². The Bertz CT molecular complexity index is 3390. The molecule has 5 heteroatoms. The summed E-state index contributed by atoms with van der Waals surface area (Å²) in [5.74, 6) is 1.94. The number of para-hydroxylation sites is 2. The lowest BCUT2D eigenvalue weighted by Gasteiger charge is -2.22. The van der Waals surface area contributed by atoms with E-state index in [1.54, 1.807) is 0 Å². The third kappa shape index (κ3) is 5.08. The molecule has 5 nitrogen and oxygen atoms in total. The van der Waals surface area contributed by atoms with Gasteiger partial charge in [0.1, 0.15) is 0 Å². The molecule has 8 aromatic carbocycles. The van der Waals surface area contributed by atoms with Crippen LogP contribution in [-0.2, 0) is 5.41 Å². The fourth-order valence-electron chi connectivity index (χ4n) is 9.52. The second-order valence-electron chi connectivity index (χ2n) is 16.1. The lowest BCUT2D eigenvalue weighted by molar-refractivity contribution is 0.660. The summed E-state index contributed by atoms with van der Waals surface area (Å²) in [6, 6.07) is 67.2. The Labute approximate surface area is 341 Å².